The molecule has 1 amide bonds. The van der Waals surface area contributed by atoms with E-state index in [1.165, 1.54) is 23.3 Å². The Hall–Kier alpha value is -2.50. The molecule has 0 saturated heterocycles. The van der Waals surface area contributed by atoms with Gasteiger partial charge in [-0.2, -0.15) is 0 Å². The summed E-state index contributed by atoms with van der Waals surface area (Å²) in [6.45, 7) is 1.79. The SMILES string of the molecule is Cc1cc(OCC(=O)N(Cc2ccco2)Cc2c(F)cccc2Cl)ccc1Cl. The first-order valence-corrected chi connectivity index (χ1v) is 9.31. The molecular formula is C21H18Cl2FNO3. The summed E-state index contributed by atoms with van der Waals surface area (Å²) in [6.07, 6.45) is 1.51. The van der Waals surface area contributed by atoms with Gasteiger partial charge in [-0.3, -0.25) is 4.79 Å². The summed E-state index contributed by atoms with van der Waals surface area (Å²) in [4.78, 5) is 14.2. The number of furan rings is 1. The van der Waals surface area contributed by atoms with Crippen LogP contribution in [-0.4, -0.2) is 17.4 Å². The Morgan fingerprint density at radius 1 is 1.11 bits per heavy atom. The minimum Gasteiger partial charge on any atom is -0.484 e. The number of hydrogen-bond donors (Lipinski definition) is 0. The number of halogens is 3. The van der Waals surface area contributed by atoms with Crippen LogP contribution >= 0.6 is 23.2 Å². The van der Waals surface area contributed by atoms with Gasteiger partial charge in [-0.25, -0.2) is 4.39 Å². The molecule has 0 aliphatic carbocycles. The van der Waals surface area contributed by atoms with Crippen LogP contribution in [0.1, 0.15) is 16.9 Å². The van der Waals surface area contributed by atoms with Crippen LogP contribution in [0.4, 0.5) is 4.39 Å². The van der Waals surface area contributed by atoms with Crippen LogP contribution in [0.3, 0.4) is 0 Å². The summed E-state index contributed by atoms with van der Waals surface area (Å²) in [5, 5.41) is 0.874. The Balaban J connectivity index is 1.75. The molecule has 4 nitrogen and oxygen atoms in total. The van der Waals surface area contributed by atoms with E-state index in [1.807, 2.05) is 6.92 Å². The van der Waals surface area contributed by atoms with Crippen molar-refractivity contribution in [3.8, 4) is 5.75 Å². The number of amides is 1. The Morgan fingerprint density at radius 2 is 1.93 bits per heavy atom. The van der Waals surface area contributed by atoms with Crippen molar-refractivity contribution in [2.75, 3.05) is 6.61 Å². The molecule has 0 aliphatic rings. The van der Waals surface area contributed by atoms with Gasteiger partial charge in [0.15, 0.2) is 6.61 Å². The van der Waals surface area contributed by atoms with E-state index in [1.54, 1.807) is 36.4 Å². The van der Waals surface area contributed by atoms with E-state index in [0.29, 0.717) is 16.5 Å². The number of carbonyl (C=O) groups is 1. The molecule has 0 N–H and O–H groups in total. The standard InChI is InChI=1S/C21H18Cl2FNO3/c1-14-10-15(7-8-18(14)22)28-13-21(26)25(11-16-4-3-9-27-16)12-17-19(23)5-2-6-20(17)24/h2-10H,11-13H2,1H3. The Bertz CT molecular complexity index is 940. The largest absolute Gasteiger partial charge is 0.484 e. The van der Waals surface area contributed by atoms with Crippen molar-refractivity contribution in [3.63, 3.8) is 0 Å². The van der Waals surface area contributed by atoms with Crippen LogP contribution in [0.15, 0.2) is 59.2 Å². The zero-order valence-corrected chi connectivity index (χ0v) is 16.6. The van der Waals surface area contributed by atoms with Gasteiger partial charge in [0.05, 0.1) is 19.4 Å². The average molecular weight is 422 g/mol. The second-order valence-electron chi connectivity index (χ2n) is 6.23. The molecule has 3 rings (SSSR count). The summed E-state index contributed by atoms with van der Waals surface area (Å²) >= 11 is 12.1. The summed E-state index contributed by atoms with van der Waals surface area (Å²) in [6, 6.07) is 13.0. The fourth-order valence-electron chi connectivity index (χ4n) is 2.64. The molecule has 0 fully saturated rings. The van der Waals surface area contributed by atoms with Crippen molar-refractivity contribution in [2.24, 2.45) is 0 Å². The maximum absolute atomic E-state index is 14.2. The van der Waals surface area contributed by atoms with Crippen LogP contribution < -0.4 is 4.74 Å². The summed E-state index contributed by atoms with van der Waals surface area (Å²) < 4.78 is 25.1. The molecule has 0 unspecified atom stereocenters. The molecular weight excluding hydrogens is 404 g/mol. The van der Waals surface area contributed by atoms with Crippen LogP contribution in [0.2, 0.25) is 10.0 Å². The van der Waals surface area contributed by atoms with Crippen molar-refractivity contribution in [2.45, 2.75) is 20.0 Å². The highest BCUT2D eigenvalue weighted by molar-refractivity contribution is 6.31. The Morgan fingerprint density at radius 3 is 2.61 bits per heavy atom. The van der Waals surface area contributed by atoms with E-state index in [-0.39, 0.29) is 36.2 Å². The Kier molecular flexibility index (Phi) is 6.60. The van der Waals surface area contributed by atoms with Crippen molar-refractivity contribution >= 4 is 29.1 Å². The van der Waals surface area contributed by atoms with E-state index in [9.17, 15) is 9.18 Å². The first kappa shape index (κ1) is 20.2. The molecule has 0 atom stereocenters. The topological polar surface area (TPSA) is 42.7 Å². The highest BCUT2D eigenvalue weighted by atomic mass is 35.5. The van der Waals surface area contributed by atoms with E-state index < -0.39 is 5.82 Å². The van der Waals surface area contributed by atoms with Gasteiger partial charge in [0.2, 0.25) is 0 Å². The van der Waals surface area contributed by atoms with Crippen LogP contribution in [0, 0.1) is 12.7 Å². The van der Waals surface area contributed by atoms with Gasteiger partial charge in [0.25, 0.3) is 5.91 Å². The molecule has 28 heavy (non-hydrogen) atoms. The van der Waals surface area contributed by atoms with Crippen molar-refractivity contribution < 1.29 is 18.3 Å². The first-order chi connectivity index (χ1) is 13.4. The van der Waals surface area contributed by atoms with E-state index in [0.717, 1.165) is 5.56 Å². The predicted molar refractivity (Wildman–Crippen MR) is 106 cm³/mol. The number of rotatable bonds is 7. The number of nitrogens with zero attached hydrogens (tertiary/aromatic N) is 1. The molecule has 2 aromatic carbocycles. The lowest BCUT2D eigenvalue weighted by Crippen LogP contribution is -2.34. The summed E-state index contributed by atoms with van der Waals surface area (Å²) in [5.41, 5.74) is 1.09. The molecule has 0 saturated carbocycles. The predicted octanol–water partition coefficient (Wildman–Crippen LogP) is 5.64. The third kappa shape index (κ3) is 5.06. The minimum absolute atomic E-state index is 0.00591. The van der Waals surface area contributed by atoms with Crippen LogP contribution in [0.5, 0.6) is 5.75 Å². The van der Waals surface area contributed by atoms with Gasteiger partial charge in [-0.15, -0.1) is 0 Å². The highest BCUT2D eigenvalue weighted by Gasteiger charge is 2.20. The van der Waals surface area contributed by atoms with Gasteiger partial charge < -0.3 is 14.1 Å². The maximum Gasteiger partial charge on any atom is 0.261 e. The number of ether oxygens (including phenoxy) is 1. The molecule has 146 valence electrons. The molecule has 0 radical (unpaired) electrons. The van der Waals surface area contributed by atoms with Gasteiger partial charge in [-0.1, -0.05) is 29.3 Å². The zero-order valence-electron chi connectivity index (χ0n) is 15.1. The molecule has 0 bridgehead atoms. The number of hydrogen-bond acceptors (Lipinski definition) is 3. The average Bonchev–Trinajstić information content (AvgIpc) is 3.17. The van der Waals surface area contributed by atoms with Crippen molar-refractivity contribution in [1.29, 1.82) is 0 Å². The van der Waals surface area contributed by atoms with Gasteiger partial charge in [-0.05, 0) is 55.0 Å². The number of benzene rings is 2. The van der Waals surface area contributed by atoms with Crippen molar-refractivity contribution in [1.82, 2.24) is 4.90 Å². The quantitative estimate of drug-likeness (QED) is 0.495. The molecule has 0 spiro atoms. The normalized spacial score (nSPS) is 10.7. The minimum atomic E-state index is -0.473. The lowest BCUT2D eigenvalue weighted by Gasteiger charge is -2.23. The second-order valence-corrected chi connectivity index (χ2v) is 7.04. The van der Waals surface area contributed by atoms with Crippen LogP contribution in [0.25, 0.3) is 0 Å². The van der Waals surface area contributed by atoms with E-state index in [2.05, 4.69) is 0 Å². The molecule has 3 aromatic rings. The molecule has 7 heteroatoms. The lowest BCUT2D eigenvalue weighted by molar-refractivity contribution is -0.134. The van der Waals surface area contributed by atoms with Gasteiger partial charge >= 0.3 is 0 Å². The molecule has 1 heterocycles. The van der Waals surface area contributed by atoms with Crippen molar-refractivity contribution in [3.05, 3.63) is 87.5 Å². The second kappa shape index (κ2) is 9.13. The Labute approximate surface area is 172 Å². The lowest BCUT2D eigenvalue weighted by atomic mass is 10.2. The summed E-state index contributed by atoms with van der Waals surface area (Å²) in [5.74, 6) is 0.294. The fourth-order valence-corrected chi connectivity index (χ4v) is 2.98. The first-order valence-electron chi connectivity index (χ1n) is 8.56. The fraction of sp³-hybridized carbons (Fsp3) is 0.190. The molecule has 0 aliphatic heterocycles. The summed E-state index contributed by atoms with van der Waals surface area (Å²) in [7, 11) is 0. The van der Waals surface area contributed by atoms with Gasteiger partial charge in [0.1, 0.15) is 17.3 Å². The number of carbonyl (C=O) groups excluding carboxylic acids is 1. The van der Waals surface area contributed by atoms with Crippen LogP contribution in [-0.2, 0) is 17.9 Å². The van der Waals surface area contributed by atoms with Gasteiger partial charge in [0, 0.05) is 15.6 Å². The van der Waals surface area contributed by atoms with E-state index >= 15 is 0 Å². The third-order valence-electron chi connectivity index (χ3n) is 4.18. The van der Waals surface area contributed by atoms with E-state index in [4.69, 9.17) is 32.4 Å². The molecule has 1 aromatic heterocycles. The third-order valence-corrected chi connectivity index (χ3v) is 4.96. The zero-order chi connectivity index (χ0) is 20.1. The smallest absolute Gasteiger partial charge is 0.261 e. The monoisotopic (exact) mass is 421 g/mol. The number of aryl methyl sites for hydroxylation is 1. The highest BCUT2D eigenvalue weighted by Crippen LogP contribution is 2.23. The maximum atomic E-state index is 14.2.